The highest BCUT2D eigenvalue weighted by Gasteiger charge is 2.34. The Labute approximate surface area is 198 Å². The lowest BCUT2D eigenvalue weighted by molar-refractivity contribution is 0.201. The van der Waals surface area contributed by atoms with E-state index >= 15 is 0 Å². The van der Waals surface area contributed by atoms with Gasteiger partial charge in [-0.1, -0.05) is 30.9 Å². The number of rotatable bonds is 6. The predicted octanol–water partition coefficient (Wildman–Crippen LogP) is 6.77. The van der Waals surface area contributed by atoms with Crippen molar-refractivity contribution in [1.82, 2.24) is 9.78 Å². The summed E-state index contributed by atoms with van der Waals surface area (Å²) in [5.41, 5.74) is 5.01. The van der Waals surface area contributed by atoms with Crippen molar-refractivity contribution < 1.29 is 9.13 Å². The molecule has 5 rings (SSSR count). The molecule has 0 spiro atoms. The first-order valence-electron chi connectivity index (χ1n) is 11.8. The molecule has 0 bridgehead atoms. The second-order valence-corrected chi connectivity index (χ2v) is 9.56. The number of nitriles is 1. The summed E-state index contributed by atoms with van der Waals surface area (Å²) in [5, 5.41) is 14.7. The van der Waals surface area contributed by atoms with Gasteiger partial charge >= 0.3 is 0 Å². The normalized spacial score (nSPS) is 16.9. The number of halogens is 2. The summed E-state index contributed by atoms with van der Waals surface area (Å²) in [7, 11) is 0. The smallest absolute Gasteiger partial charge is 0.166 e. The molecule has 0 radical (unpaired) electrons. The van der Waals surface area contributed by atoms with Crippen LogP contribution in [0.3, 0.4) is 0 Å². The number of hydrogen-bond donors (Lipinski definition) is 0. The van der Waals surface area contributed by atoms with Crippen LogP contribution in [-0.4, -0.2) is 16.4 Å². The Bertz CT molecular complexity index is 1180. The minimum Gasteiger partial charge on any atom is -0.490 e. The molecule has 2 aromatic carbocycles. The number of ether oxygens (including phenoxy) is 1. The molecule has 6 heteroatoms. The second kappa shape index (κ2) is 9.57. The van der Waals surface area contributed by atoms with Crippen molar-refractivity contribution in [1.29, 1.82) is 5.26 Å². The fourth-order valence-electron chi connectivity index (χ4n) is 5.42. The lowest BCUT2D eigenvalue weighted by Crippen LogP contribution is -2.26. The molecule has 1 heterocycles. The number of aromatic nitrogens is 2. The van der Waals surface area contributed by atoms with Crippen molar-refractivity contribution in [3.8, 4) is 17.5 Å². The maximum absolute atomic E-state index is 14.6. The van der Waals surface area contributed by atoms with Crippen molar-refractivity contribution in [3.05, 3.63) is 75.8 Å². The molecule has 2 aliphatic carbocycles. The fraction of sp³-hybridized carbons (Fsp3) is 0.407. The largest absolute Gasteiger partial charge is 0.490 e. The summed E-state index contributed by atoms with van der Waals surface area (Å²) in [6, 6.07) is 14.2. The number of hydrogen-bond acceptors (Lipinski definition) is 3. The van der Waals surface area contributed by atoms with Crippen LogP contribution in [0.2, 0.25) is 5.02 Å². The van der Waals surface area contributed by atoms with E-state index < -0.39 is 5.82 Å². The number of nitrogens with zero attached hydrogens (tertiary/aromatic N) is 3. The topological polar surface area (TPSA) is 50.8 Å². The molecule has 3 aromatic rings. The molecule has 170 valence electrons. The summed E-state index contributed by atoms with van der Waals surface area (Å²) >= 11 is 6.15. The van der Waals surface area contributed by atoms with Crippen LogP contribution in [0.25, 0.3) is 5.69 Å². The van der Waals surface area contributed by atoms with Crippen molar-refractivity contribution in [3.63, 3.8) is 0 Å². The highest BCUT2D eigenvalue weighted by molar-refractivity contribution is 6.30. The van der Waals surface area contributed by atoms with Gasteiger partial charge in [0.1, 0.15) is 0 Å². The highest BCUT2D eigenvalue weighted by Crippen LogP contribution is 2.41. The number of benzene rings is 2. The Morgan fingerprint density at radius 2 is 1.88 bits per heavy atom. The molecule has 1 saturated carbocycles. The average Bonchev–Trinajstić information content (AvgIpc) is 3.43. The van der Waals surface area contributed by atoms with E-state index in [0.717, 1.165) is 37.8 Å². The lowest BCUT2D eigenvalue weighted by Gasteiger charge is -2.31. The molecule has 0 aliphatic heterocycles. The monoisotopic (exact) mass is 463 g/mol. The van der Waals surface area contributed by atoms with E-state index in [-0.39, 0.29) is 11.7 Å². The molecule has 1 aromatic heterocycles. The van der Waals surface area contributed by atoms with E-state index in [2.05, 4.69) is 4.68 Å². The Morgan fingerprint density at radius 1 is 1.09 bits per heavy atom. The van der Waals surface area contributed by atoms with Gasteiger partial charge in [-0.15, -0.1) is 0 Å². The maximum Gasteiger partial charge on any atom is 0.166 e. The van der Waals surface area contributed by atoms with Gasteiger partial charge in [0.25, 0.3) is 0 Å². The van der Waals surface area contributed by atoms with Gasteiger partial charge in [-0.3, -0.25) is 0 Å². The average molecular weight is 464 g/mol. The van der Waals surface area contributed by atoms with Crippen LogP contribution in [0.4, 0.5) is 4.39 Å². The Morgan fingerprint density at radius 3 is 2.61 bits per heavy atom. The van der Waals surface area contributed by atoms with Crippen LogP contribution in [0, 0.1) is 23.1 Å². The quantitative estimate of drug-likeness (QED) is 0.405. The summed E-state index contributed by atoms with van der Waals surface area (Å²) in [6.45, 7) is 0.388. The van der Waals surface area contributed by atoms with Crippen LogP contribution in [0.15, 0.2) is 42.5 Å². The molecule has 1 unspecified atom stereocenters. The zero-order valence-electron chi connectivity index (χ0n) is 18.6. The summed E-state index contributed by atoms with van der Waals surface area (Å²) in [4.78, 5) is 0. The minimum absolute atomic E-state index is 0.116. The van der Waals surface area contributed by atoms with Crippen LogP contribution >= 0.6 is 11.6 Å². The Balaban J connectivity index is 1.53. The first kappa shape index (κ1) is 22.0. The van der Waals surface area contributed by atoms with Gasteiger partial charge < -0.3 is 4.74 Å². The standard InChI is InChI=1S/C27H27ClFN3O/c28-20-10-12-21(13-11-20)32-27(22-7-4-8-25(22)31-32)23(19-5-2-1-3-6-19)17-33-26-14-9-18(16-30)15-24(26)29/h9-15,19,23H,1-8,17H2. The first-order chi connectivity index (χ1) is 16.1. The van der Waals surface area contributed by atoms with E-state index in [1.54, 1.807) is 12.1 Å². The molecule has 0 N–H and O–H groups in total. The fourth-order valence-corrected chi connectivity index (χ4v) is 5.54. The van der Waals surface area contributed by atoms with E-state index in [0.29, 0.717) is 23.1 Å². The van der Waals surface area contributed by atoms with Crippen molar-refractivity contribution in [2.75, 3.05) is 6.61 Å². The summed E-state index contributed by atoms with van der Waals surface area (Å²) in [6.07, 6.45) is 9.11. The van der Waals surface area contributed by atoms with Crippen LogP contribution in [0.1, 0.15) is 67.0 Å². The molecular formula is C27H27ClFN3O. The molecule has 2 aliphatic rings. The molecule has 1 fully saturated rings. The predicted molar refractivity (Wildman–Crippen MR) is 127 cm³/mol. The Hall–Kier alpha value is -2.84. The molecule has 1 atom stereocenters. The van der Waals surface area contributed by atoms with Crippen molar-refractivity contribution in [2.24, 2.45) is 5.92 Å². The zero-order valence-corrected chi connectivity index (χ0v) is 19.3. The first-order valence-corrected chi connectivity index (χ1v) is 12.2. The third kappa shape index (κ3) is 4.50. The van der Waals surface area contributed by atoms with E-state index in [1.165, 1.54) is 42.3 Å². The van der Waals surface area contributed by atoms with E-state index in [1.807, 2.05) is 30.3 Å². The van der Waals surface area contributed by atoms with Crippen molar-refractivity contribution in [2.45, 2.75) is 57.3 Å². The SMILES string of the molecule is N#Cc1ccc(OCC(c2c3c(nn2-c2ccc(Cl)cc2)CCC3)C2CCCCC2)c(F)c1. The van der Waals surface area contributed by atoms with Gasteiger partial charge in [0.05, 0.1) is 35.3 Å². The minimum atomic E-state index is -0.493. The van der Waals surface area contributed by atoms with Gasteiger partial charge in [-0.25, -0.2) is 9.07 Å². The lowest BCUT2D eigenvalue weighted by atomic mass is 9.77. The van der Waals surface area contributed by atoms with Crippen molar-refractivity contribution >= 4 is 11.6 Å². The third-order valence-corrected chi connectivity index (χ3v) is 7.32. The van der Waals surface area contributed by atoms with Gasteiger partial charge in [-0.2, -0.15) is 10.4 Å². The summed E-state index contributed by atoms with van der Waals surface area (Å²) in [5.74, 6) is 0.287. The van der Waals surface area contributed by atoms with Gasteiger partial charge in [0.2, 0.25) is 0 Å². The number of fused-ring (bicyclic) bond motifs is 1. The number of aryl methyl sites for hydroxylation is 1. The van der Waals surface area contributed by atoms with Gasteiger partial charge in [0.15, 0.2) is 11.6 Å². The molecule has 33 heavy (non-hydrogen) atoms. The van der Waals surface area contributed by atoms with Gasteiger partial charge in [0, 0.05) is 10.9 Å². The molecule has 0 saturated heterocycles. The maximum atomic E-state index is 14.6. The Kier molecular flexibility index (Phi) is 6.37. The third-order valence-electron chi connectivity index (χ3n) is 7.07. The molecular weight excluding hydrogens is 437 g/mol. The van der Waals surface area contributed by atoms with E-state index in [4.69, 9.17) is 26.7 Å². The summed E-state index contributed by atoms with van der Waals surface area (Å²) < 4.78 is 22.7. The highest BCUT2D eigenvalue weighted by atomic mass is 35.5. The molecule has 0 amide bonds. The zero-order chi connectivity index (χ0) is 22.8. The van der Waals surface area contributed by atoms with Gasteiger partial charge in [-0.05, 0) is 86.1 Å². The van der Waals surface area contributed by atoms with Crippen LogP contribution in [0.5, 0.6) is 5.75 Å². The van der Waals surface area contributed by atoms with Crippen LogP contribution in [-0.2, 0) is 12.8 Å². The van der Waals surface area contributed by atoms with Crippen LogP contribution < -0.4 is 4.74 Å². The second-order valence-electron chi connectivity index (χ2n) is 9.12. The van der Waals surface area contributed by atoms with E-state index in [9.17, 15) is 4.39 Å². The molecule has 4 nitrogen and oxygen atoms in total.